The van der Waals surface area contributed by atoms with Gasteiger partial charge in [0.05, 0.1) is 10.0 Å². The largest absolute Gasteiger partial charge is 0.289 e. The van der Waals surface area contributed by atoms with Crippen molar-refractivity contribution in [3.05, 3.63) is 68.2 Å². The normalized spacial score (nSPS) is 10.4. The zero-order valence-electron chi connectivity index (χ0n) is 9.51. The van der Waals surface area contributed by atoms with Gasteiger partial charge in [-0.15, -0.1) is 0 Å². The molecule has 0 atom stereocenters. The molecule has 2 aromatic carbocycles. The Morgan fingerprint density at radius 1 is 1.00 bits per heavy atom. The first-order valence-corrected chi connectivity index (χ1v) is 6.38. The molecule has 0 aromatic heterocycles. The van der Waals surface area contributed by atoms with Crippen LogP contribution in [0, 0.1) is 6.92 Å². The number of carbonyl (C=O) groups excluding carboxylic acids is 1. The Morgan fingerprint density at radius 2 is 1.61 bits per heavy atom. The van der Waals surface area contributed by atoms with Gasteiger partial charge >= 0.3 is 0 Å². The standard InChI is InChI=1S/C14H9Cl3O/c1-8-6-11(13(17)12(16)7-8)14(18)9-2-4-10(15)5-3-9/h2-7H,1H3. The van der Waals surface area contributed by atoms with Gasteiger partial charge in [-0.3, -0.25) is 4.79 Å². The number of benzene rings is 2. The molecule has 0 aliphatic carbocycles. The topological polar surface area (TPSA) is 17.1 Å². The highest BCUT2D eigenvalue weighted by Crippen LogP contribution is 2.29. The molecule has 0 N–H and O–H groups in total. The summed E-state index contributed by atoms with van der Waals surface area (Å²) in [7, 11) is 0. The minimum absolute atomic E-state index is 0.165. The molecule has 0 saturated carbocycles. The number of ketones is 1. The highest BCUT2D eigenvalue weighted by Gasteiger charge is 2.15. The average Bonchev–Trinajstić information content (AvgIpc) is 2.34. The van der Waals surface area contributed by atoms with Crippen molar-refractivity contribution in [2.75, 3.05) is 0 Å². The van der Waals surface area contributed by atoms with Crippen molar-refractivity contribution in [2.24, 2.45) is 0 Å². The van der Waals surface area contributed by atoms with Crippen LogP contribution >= 0.6 is 34.8 Å². The van der Waals surface area contributed by atoms with Crippen molar-refractivity contribution in [3.63, 3.8) is 0 Å². The van der Waals surface area contributed by atoms with Crippen molar-refractivity contribution in [1.82, 2.24) is 0 Å². The van der Waals surface area contributed by atoms with Gasteiger partial charge in [-0.25, -0.2) is 0 Å². The van der Waals surface area contributed by atoms with E-state index in [1.165, 1.54) is 0 Å². The van der Waals surface area contributed by atoms with Crippen molar-refractivity contribution >= 4 is 40.6 Å². The smallest absolute Gasteiger partial charge is 0.194 e. The van der Waals surface area contributed by atoms with Crippen LogP contribution in [0.15, 0.2) is 36.4 Å². The van der Waals surface area contributed by atoms with Crippen molar-refractivity contribution in [3.8, 4) is 0 Å². The summed E-state index contributed by atoms with van der Waals surface area (Å²) < 4.78 is 0. The van der Waals surface area contributed by atoms with Gasteiger partial charge < -0.3 is 0 Å². The maximum Gasteiger partial charge on any atom is 0.194 e. The molecule has 0 aliphatic heterocycles. The van der Waals surface area contributed by atoms with Crippen LogP contribution in [0.3, 0.4) is 0 Å². The average molecular weight is 300 g/mol. The number of hydrogen-bond donors (Lipinski definition) is 0. The lowest BCUT2D eigenvalue weighted by molar-refractivity contribution is 0.103. The predicted molar refractivity (Wildman–Crippen MR) is 76.1 cm³/mol. The van der Waals surface area contributed by atoms with E-state index < -0.39 is 0 Å². The van der Waals surface area contributed by atoms with Gasteiger partial charge in [0.25, 0.3) is 0 Å². The predicted octanol–water partition coefficient (Wildman–Crippen LogP) is 5.19. The summed E-state index contributed by atoms with van der Waals surface area (Å²) in [5, 5.41) is 1.25. The molecule has 0 spiro atoms. The Morgan fingerprint density at radius 3 is 2.22 bits per heavy atom. The molecule has 0 heterocycles. The number of carbonyl (C=O) groups is 1. The Bertz CT molecular complexity index is 603. The molecular formula is C14H9Cl3O. The molecule has 0 unspecified atom stereocenters. The van der Waals surface area contributed by atoms with Gasteiger partial charge in [0.15, 0.2) is 5.78 Å². The second kappa shape index (κ2) is 5.31. The van der Waals surface area contributed by atoms with E-state index in [-0.39, 0.29) is 10.8 Å². The minimum atomic E-state index is -0.165. The fourth-order valence-corrected chi connectivity index (χ4v) is 2.24. The number of rotatable bonds is 2. The Kier molecular flexibility index (Phi) is 3.96. The molecule has 1 nitrogen and oxygen atoms in total. The molecule has 0 saturated heterocycles. The number of hydrogen-bond acceptors (Lipinski definition) is 1. The maximum atomic E-state index is 12.3. The Balaban J connectivity index is 2.49. The first-order valence-electron chi connectivity index (χ1n) is 5.25. The highest BCUT2D eigenvalue weighted by molar-refractivity contribution is 6.44. The zero-order chi connectivity index (χ0) is 13.3. The molecule has 0 radical (unpaired) electrons. The Hall–Kier alpha value is -1.02. The molecule has 18 heavy (non-hydrogen) atoms. The second-order valence-corrected chi connectivity index (χ2v) is 5.17. The van der Waals surface area contributed by atoms with Crippen LogP contribution in [-0.4, -0.2) is 5.78 Å². The van der Waals surface area contributed by atoms with Crippen LogP contribution in [-0.2, 0) is 0 Å². The van der Waals surface area contributed by atoms with E-state index in [4.69, 9.17) is 34.8 Å². The minimum Gasteiger partial charge on any atom is -0.289 e. The summed E-state index contributed by atoms with van der Waals surface area (Å²) in [6, 6.07) is 10.1. The summed E-state index contributed by atoms with van der Waals surface area (Å²) in [5.74, 6) is -0.165. The fraction of sp³-hybridized carbons (Fsp3) is 0.0714. The third kappa shape index (κ3) is 2.69. The van der Waals surface area contributed by atoms with E-state index in [1.54, 1.807) is 36.4 Å². The number of halogens is 3. The van der Waals surface area contributed by atoms with Crippen LogP contribution in [0.4, 0.5) is 0 Å². The fourth-order valence-electron chi connectivity index (χ4n) is 1.65. The van der Waals surface area contributed by atoms with E-state index in [0.717, 1.165) is 5.56 Å². The van der Waals surface area contributed by atoms with Crippen molar-refractivity contribution < 1.29 is 4.79 Å². The molecular weight excluding hydrogens is 291 g/mol. The molecule has 0 aliphatic rings. The first-order chi connectivity index (χ1) is 8.49. The van der Waals surface area contributed by atoms with Crippen molar-refractivity contribution in [1.29, 1.82) is 0 Å². The van der Waals surface area contributed by atoms with E-state index in [1.807, 2.05) is 6.92 Å². The van der Waals surface area contributed by atoms with Gasteiger partial charge in [-0.05, 0) is 48.9 Å². The van der Waals surface area contributed by atoms with Crippen LogP contribution < -0.4 is 0 Å². The van der Waals surface area contributed by atoms with Crippen LogP contribution in [0.2, 0.25) is 15.1 Å². The van der Waals surface area contributed by atoms with Gasteiger partial charge in [-0.1, -0.05) is 34.8 Å². The quantitative estimate of drug-likeness (QED) is 0.698. The van der Waals surface area contributed by atoms with Crippen LogP contribution in [0.25, 0.3) is 0 Å². The zero-order valence-corrected chi connectivity index (χ0v) is 11.8. The molecule has 0 bridgehead atoms. The molecule has 92 valence electrons. The molecule has 2 aromatic rings. The summed E-state index contributed by atoms with van der Waals surface area (Å²) in [6.07, 6.45) is 0. The third-order valence-corrected chi connectivity index (χ3v) is 3.58. The molecule has 0 amide bonds. The molecule has 4 heteroatoms. The van der Waals surface area contributed by atoms with E-state index in [0.29, 0.717) is 21.2 Å². The summed E-state index contributed by atoms with van der Waals surface area (Å²) in [5.41, 5.74) is 1.83. The summed E-state index contributed by atoms with van der Waals surface area (Å²) in [4.78, 5) is 12.3. The second-order valence-electron chi connectivity index (χ2n) is 3.94. The molecule has 2 rings (SSSR count). The first kappa shape index (κ1) is 13.4. The lowest BCUT2D eigenvalue weighted by Crippen LogP contribution is -2.02. The lowest BCUT2D eigenvalue weighted by Gasteiger charge is -2.07. The van der Waals surface area contributed by atoms with E-state index in [2.05, 4.69) is 0 Å². The van der Waals surface area contributed by atoms with E-state index in [9.17, 15) is 4.79 Å². The third-order valence-electron chi connectivity index (χ3n) is 2.52. The van der Waals surface area contributed by atoms with Gasteiger partial charge in [0.1, 0.15) is 0 Å². The van der Waals surface area contributed by atoms with Gasteiger partial charge in [-0.2, -0.15) is 0 Å². The van der Waals surface area contributed by atoms with Crippen LogP contribution in [0.5, 0.6) is 0 Å². The summed E-state index contributed by atoms with van der Waals surface area (Å²) >= 11 is 17.8. The van der Waals surface area contributed by atoms with Crippen molar-refractivity contribution in [2.45, 2.75) is 6.92 Å². The number of aryl methyl sites for hydroxylation is 1. The highest BCUT2D eigenvalue weighted by atomic mass is 35.5. The lowest BCUT2D eigenvalue weighted by atomic mass is 10.0. The monoisotopic (exact) mass is 298 g/mol. The SMILES string of the molecule is Cc1cc(Cl)c(Cl)c(C(=O)c2ccc(Cl)cc2)c1. The van der Waals surface area contributed by atoms with E-state index >= 15 is 0 Å². The van der Waals surface area contributed by atoms with Crippen LogP contribution in [0.1, 0.15) is 21.5 Å². The van der Waals surface area contributed by atoms with Gasteiger partial charge in [0, 0.05) is 16.1 Å². The van der Waals surface area contributed by atoms with Gasteiger partial charge in [0.2, 0.25) is 0 Å². The molecule has 0 fully saturated rings. The summed E-state index contributed by atoms with van der Waals surface area (Å²) in [6.45, 7) is 1.86. The Labute approximate surface area is 120 Å². The maximum absolute atomic E-state index is 12.3.